The van der Waals surface area contributed by atoms with Crippen LogP contribution < -0.4 is 10.5 Å². The Balaban J connectivity index is 3.92. The molecule has 0 saturated carbocycles. The summed E-state index contributed by atoms with van der Waals surface area (Å²) in [6.07, 6.45) is 0.0846. The Morgan fingerprint density at radius 1 is 1.50 bits per heavy atom. The molecule has 0 aromatic heterocycles. The van der Waals surface area contributed by atoms with Gasteiger partial charge in [-0.05, 0) is 20.3 Å². The molecule has 0 aliphatic carbocycles. The van der Waals surface area contributed by atoms with Crippen molar-refractivity contribution >= 4 is 16.0 Å². The lowest BCUT2D eigenvalue weighted by atomic mass is 10.2. The smallest absolute Gasteiger partial charge is 0.320 e. The molecular weight excluding hydrogens is 208 g/mol. The third-order valence-electron chi connectivity index (χ3n) is 1.70. The second-order valence-electron chi connectivity index (χ2n) is 3.22. The largest absolute Gasteiger partial charge is 0.480 e. The first-order valence-corrected chi connectivity index (χ1v) is 5.79. The zero-order valence-corrected chi connectivity index (χ0v) is 9.04. The summed E-state index contributed by atoms with van der Waals surface area (Å²) in [4.78, 5) is 10.3. The van der Waals surface area contributed by atoms with Crippen molar-refractivity contribution in [2.45, 2.75) is 31.6 Å². The first kappa shape index (κ1) is 13.3. The van der Waals surface area contributed by atoms with Crippen LogP contribution in [0.3, 0.4) is 0 Å². The second kappa shape index (κ2) is 5.28. The van der Waals surface area contributed by atoms with Crippen LogP contribution in [-0.2, 0) is 14.8 Å². The Kier molecular flexibility index (Phi) is 5.03. The maximum absolute atomic E-state index is 11.2. The number of hydrogen-bond acceptors (Lipinski definition) is 4. The van der Waals surface area contributed by atoms with Gasteiger partial charge in [-0.1, -0.05) is 0 Å². The van der Waals surface area contributed by atoms with Gasteiger partial charge in [0.2, 0.25) is 10.0 Å². The zero-order valence-electron chi connectivity index (χ0n) is 8.23. The van der Waals surface area contributed by atoms with Crippen molar-refractivity contribution < 1.29 is 18.3 Å². The van der Waals surface area contributed by atoms with Gasteiger partial charge in [-0.25, -0.2) is 13.1 Å². The van der Waals surface area contributed by atoms with Crippen LogP contribution in [0.25, 0.3) is 0 Å². The summed E-state index contributed by atoms with van der Waals surface area (Å²) < 4.78 is 24.6. The number of nitrogens with one attached hydrogen (secondary N) is 1. The topological polar surface area (TPSA) is 109 Å². The average Bonchev–Trinajstić information content (AvgIpc) is 2.03. The molecule has 0 heterocycles. The number of sulfonamides is 1. The van der Waals surface area contributed by atoms with Crippen molar-refractivity contribution in [3.8, 4) is 0 Å². The molecule has 0 unspecified atom stereocenters. The predicted molar refractivity (Wildman–Crippen MR) is 52.3 cm³/mol. The number of hydrogen-bond donors (Lipinski definition) is 3. The van der Waals surface area contributed by atoms with Gasteiger partial charge in [0.25, 0.3) is 0 Å². The second-order valence-corrected chi connectivity index (χ2v) is 5.54. The summed E-state index contributed by atoms with van der Waals surface area (Å²) in [5.41, 5.74) is 5.19. The highest BCUT2D eigenvalue weighted by molar-refractivity contribution is 7.90. The lowest BCUT2D eigenvalue weighted by Gasteiger charge is -2.10. The highest BCUT2D eigenvalue weighted by atomic mass is 32.2. The van der Waals surface area contributed by atoms with E-state index in [0.29, 0.717) is 0 Å². The first-order valence-electron chi connectivity index (χ1n) is 4.24. The van der Waals surface area contributed by atoms with Gasteiger partial charge in [0.15, 0.2) is 0 Å². The molecule has 0 saturated heterocycles. The van der Waals surface area contributed by atoms with E-state index in [1.54, 1.807) is 13.8 Å². The Morgan fingerprint density at radius 3 is 2.36 bits per heavy atom. The number of carboxylic acids is 1. The van der Waals surface area contributed by atoms with Gasteiger partial charge in [0.05, 0.1) is 5.25 Å². The quantitative estimate of drug-likeness (QED) is 0.542. The fourth-order valence-electron chi connectivity index (χ4n) is 0.647. The molecule has 0 aliphatic rings. The molecule has 0 aliphatic heterocycles. The monoisotopic (exact) mass is 224 g/mol. The van der Waals surface area contributed by atoms with E-state index in [9.17, 15) is 13.2 Å². The summed E-state index contributed by atoms with van der Waals surface area (Å²) in [5.74, 6) is -1.13. The molecule has 0 aromatic carbocycles. The van der Waals surface area contributed by atoms with Gasteiger partial charge in [0, 0.05) is 6.54 Å². The molecule has 4 N–H and O–H groups in total. The Bertz CT molecular complexity index is 286. The van der Waals surface area contributed by atoms with Crippen LogP contribution in [0.15, 0.2) is 0 Å². The molecular formula is C7H16N2O4S. The molecule has 0 aromatic rings. The standard InChI is InChI=1S/C7H16N2O4S/c1-5(2)14(12,13)9-4-3-6(8)7(10)11/h5-6,9H,3-4,8H2,1-2H3,(H,10,11)/t6-/m0/s1. The molecule has 0 amide bonds. The van der Waals surface area contributed by atoms with E-state index in [2.05, 4.69) is 4.72 Å². The zero-order chi connectivity index (χ0) is 11.4. The van der Waals surface area contributed by atoms with Gasteiger partial charge in [0.1, 0.15) is 6.04 Å². The summed E-state index contributed by atoms with van der Waals surface area (Å²) in [7, 11) is -3.32. The van der Waals surface area contributed by atoms with E-state index in [1.807, 2.05) is 0 Å². The maximum atomic E-state index is 11.2. The number of nitrogens with two attached hydrogens (primary N) is 1. The number of aliphatic carboxylic acids is 1. The Labute approximate surface area is 83.5 Å². The van der Waals surface area contributed by atoms with Gasteiger partial charge >= 0.3 is 5.97 Å². The van der Waals surface area contributed by atoms with Crippen molar-refractivity contribution in [3.05, 3.63) is 0 Å². The van der Waals surface area contributed by atoms with E-state index in [-0.39, 0.29) is 13.0 Å². The highest BCUT2D eigenvalue weighted by Crippen LogP contribution is 1.96. The average molecular weight is 224 g/mol. The molecule has 0 spiro atoms. The molecule has 6 nitrogen and oxygen atoms in total. The third-order valence-corrected chi connectivity index (χ3v) is 3.54. The number of carbonyl (C=O) groups is 1. The molecule has 0 radical (unpaired) electrons. The lowest BCUT2D eigenvalue weighted by Crippen LogP contribution is -2.37. The molecule has 0 bridgehead atoms. The van der Waals surface area contributed by atoms with E-state index in [1.165, 1.54) is 0 Å². The minimum atomic E-state index is -3.32. The van der Waals surface area contributed by atoms with Crippen molar-refractivity contribution in [1.82, 2.24) is 4.72 Å². The normalized spacial score (nSPS) is 14.3. The van der Waals surface area contributed by atoms with E-state index in [0.717, 1.165) is 0 Å². The SMILES string of the molecule is CC(C)S(=O)(=O)NCC[C@H](N)C(=O)O. The Morgan fingerprint density at radius 2 is 2.00 bits per heavy atom. The van der Waals surface area contributed by atoms with Crippen LogP contribution in [0.4, 0.5) is 0 Å². The predicted octanol–water partition coefficient (Wildman–Crippen LogP) is -0.884. The highest BCUT2D eigenvalue weighted by Gasteiger charge is 2.16. The van der Waals surface area contributed by atoms with Gasteiger partial charge in [-0.3, -0.25) is 4.79 Å². The van der Waals surface area contributed by atoms with Crippen LogP contribution in [0.1, 0.15) is 20.3 Å². The van der Waals surface area contributed by atoms with Crippen LogP contribution in [0.2, 0.25) is 0 Å². The van der Waals surface area contributed by atoms with Crippen LogP contribution in [0.5, 0.6) is 0 Å². The summed E-state index contributed by atoms with van der Waals surface area (Å²) in [5, 5.41) is 7.89. The maximum Gasteiger partial charge on any atom is 0.320 e. The van der Waals surface area contributed by atoms with E-state index < -0.39 is 27.3 Å². The van der Waals surface area contributed by atoms with Gasteiger partial charge in [-0.2, -0.15) is 0 Å². The molecule has 0 fully saturated rings. The molecule has 0 rings (SSSR count). The lowest BCUT2D eigenvalue weighted by molar-refractivity contribution is -0.138. The summed E-state index contributed by atoms with van der Waals surface area (Å²) in [6, 6.07) is -1.02. The molecule has 1 atom stereocenters. The summed E-state index contributed by atoms with van der Waals surface area (Å²) >= 11 is 0. The fraction of sp³-hybridized carbons (Fsp3) is 0.857. The fourth-order valence-corrected chi connectivity index (χ4v) is 1.38. The summed E-state index contributed by atoms with van der Waals surface area (Å²) in [6.45, 7) is 3.13. The third kappa shape index (κ3) is 4.54. The van der Waals surface area contributed by atoms with Crippen LogP contribution in [-0.4, -0.2) is 37.3 Å². The first-order chi connectivity index (χ1) is 6.27. The van der Waals surface area contributed by atoms with Gasteiger partial charge < -0.3 is 10.8 Å². The van der Waals surface area contributed by atoms with E-state index in [4.69, 9.17) is 10.8 Å². The Hall–Kier alpha value is -0.660. The molecule has 84 valence electrons. The minimum absolute atomic E-state index is 0.0496. The van der Waals surface area contributed by atoms with Gasteiger partial charge in [-0.15, -0.1) is 0 Å². The minimum Gasteiger partial charge on any atom is -0.480 e. The number of carboxylic acid groups (broad SMARTS) is 1. The molecule has 7 heteroatoms. The van der Waals surface area contributed by atoms with Crippen LogP contribution >= 0.6 is 0 Å². The van der Waals surface area contributed by atoms with E-state index >= 15 is 0 Å². The van der Waals surface area contributed by atoms with Crippen molar-refractivity contribution in [2.24, 2.45) is 5.73 Å². The van der Waals surface area contributed by atoms with Crippen molar-refractivity contribution in [2.75, 3.05) is 6.54 Å². The van der Waals surface area contributed by atoms with Crippen molar-refractivity contribution in [3.63, 3.8) is 0 Å². The molecule has 14 heavy (non-hydrogen) atoms. The van der Waals surface area contributed by atoms with Crippen molar-refractivity contribution in [1.29, 1.82) is 0 Å². The van der Waals surface area contributed by atoms with Crippen LogP contribution in [0, 0.1) is 0 Å². The number of rotatable bonds is 6.